The van der Waals surface area contributed by atoms with Crippen LogP contribution < -0.4 is 10.6 Å². The van der Waals surface area contributed by atoms with Crippen molar-refractivity contribution in [3.63, 3.8) is 0 Å². The fourth-order valence-corrected chi connectivity index (χ4v) is 6.19. The van der Waals surface area contributed by atoms with E-state index in [2.05, 4.69) is 28.4 Å². The Morgan fingerprint density at radius 2 is 1.73 bits per heavy atom. The topological polar surface area (TPSA) is 98.4 Å². The zero-order valence-corrected chi connectivity index (χ0v) is 23.4. The zero-order valence-electron chi connectivity index (χ0n) is 22.5. The summed E-state index contributed by atoms with van der Waals surface area (Å²) >= 11 is 1.97. The summed E-state index contributed by atoms with van der Waals surface area (Å²) in [5.41, 5.74) is 0. The van der Waals surface area contributed by atoms with Crippen molar-refractivity contribution in [1.29, 1.82) is 0 Å². The molecule has 0 aromatic rings. The molecule has 2 rings (SSSR count). The summed E-state index contributed by atoms with van der Waals surface area (Å²) in [5, 5.41) is 6.56. The standard InChI is InChI=1S/C27H47N3O6S/c1-3-5-6-9-13-30-26-23(29-27(30)32)22-37-24(26)10-7-8-11-25(31)28-12-15-34-17-19-36-21-20-35-18-16-33-14-4-2/h2,23-24,26H,3,5-22H2,1H3,(H,28,31)(H,29,32). The molecule has 0 aromatic heterocycles. The van der Waals surface area contributed by atoms with E-state index in [4.69, 9.17) is 25.4 Å². The summed E-state index contributed by atoms with van der Waals surface area (Å²) in [6, 6.07) is 0.693. The maximum absolute atomic E-state index is 12.4. The van der Waals surface area contributed by atoms with Crippen LogP contribution in [0.25, 0.3) is 0 Å². The van der Waals surface area contributed by atoms with Crippen molar-refractivity contribution in [1.82, 2.24) is 15.5 Å². The van der Waals surface area contributed by atoms with Crippen LogP contribution in [0.1, 0.15) is 58.3 Å². The molecule has 2 fully saturated rings. The van der Waals surface area contributed by atoms with Gasteiger partial charge < -0.3 is 34.5 Å². The zero-order chi connectivity index (χ0) is 26.6. The summed E-state index contributed by atoms with van der Waals surface area (Å²) in [6.07, 6.45) is 13.2. The molecule has 3 atom stereocenters. The van der Waals surface area contributed by atoms with Crippen LogP contribution in [-0.2, 0) is 23.7 Å². The average Bonchev–Trinajstić information content (AvgIpc) is 3.42. The fourth-order valence-electron chi connectivity index (χ4n) is 4.59. The van der Waals surface area contributed by atoms with E-state index >= 15 is 0 Å². The molecule has 0 aromatic carbocycles. The number of ether oxygens (including phenoxy) is 4. The highest BCUT2D eigenvalue weighted by Crippen LogP contribution is 2.37. The monoisotopic (exact) mass is 541 g/mol. The van der Waals surface area contributed by atoms with Crippen LogP contribution in [-0.4, -0.2) is 106 Å². The van der Waals surface area contributed by atoms with E-state index in [9.17, 15) is 9.59 Å². The minimum atomic E-state index is 0.0652. The minimum absolute atomic E-state index is 0.0652. The number of hydrogen-bond donors (Lipinski definition) is 2. The van der Waals surface area contributed by atoms with Crippen LogP contribution >= 0.6 is 11.8 Å². The molecule has 2 aliphatic rings. The molecule has 2 aliphatic heterocycles. The van der Waals surface area contributed by atoms with Gasteiger partial charge in [0.05, 0.1) is 58.3 Å². The summed E-state index contributed by atoms with van der Waals surface area (Å²) < 4.78 is 21.4. The molecule has 3 amide bonds. The van der Waals surface area contributed by atoms with Gasteiger partial charge in [0.15, 0.2) is 0 Å². The van der Waals surface area contributed by atoms with Gasteiger partial charge in [-0.2, -0.15) is 11.8 Å². The van der Waals surface area contributed by atoms with Gasteiger partial charge >= 0.3 is 6.03 Å². The van der Waals surface area contributed by atoms with Crippen molar-refractivity contribution >= 4 is 23.7 Å². The van der Waals surface area contributed by atoms with Gasteiger partial charge in [0.25, 0.3) is 0 Å². The van der Waals surface area contributed by atoms with Gasteiger partial charge in [-0.25, -0.2) is 4.79 Å². The number of hydrogen-bond acceptors (Lipinski definition) is 7. The van der Waals surface area contributed by atoms with Crippen molar-refractivity contribution in [3.05, 3.63) is 0 Å². The van der Waals surface area contributed by atoms with E-state index in [1.54, 1.807) is 0 Å². The fraction of sp³-hybridized carbons (Fsp3) is 0.852. The van der Waals surface area contributed by atoms with Crippen LogP contribution in [0.2, 0.25) is 0 Å². The summed E-state index contributed by atoms with van der Waals surface area (Å²) in [5.74, 6) is 3.46. The largest absolute Gasteiger partial charge is 0.377 e. The number of unbranched alkanes of at least 4 members (excludes halogenated alkanes) is 4. The third-order valence-electron chi connectivity index (χ3n) is 6.48. The van der Waals surface area contributed by atoms with Crippen LogP contribution in [0.3, 0.4) is 0 Å². The Hall–Kier alpha value is -1.51. The molecule has 0 saturated carbocycles. The van der Waals surface area contributed by atoms with Crippen molar-refractivity contribution < 1.29 is 28.5 Å². The number of nitrogens with zero attached hydrogens (tertiary/aromatic N) is 1. The number of thioether (sulfide) groups is 1. The van der Waals surface area contributed by atoms with Gasteiger partial charge in [-0.1, -0.05) is 38.5 Å². The number of amides is 3. The van der Waals surface area contributed by atoms with Crippen LogP contribution in [0.4, 0.5) is 4.79 Å². The van der Waals surface area contributed by atoms with E-state index < -0.39 is 0 Å². The van der Waals surface area contributed by atoms with Crippen LogP contribution in [0.15, 0.2) is 0 Å². The predicted octanol–water partition coefficient (Wildman–Crippen LogP) is 2.82. The third kappa shape index (κ3) is 13.2. The van der Waals surface area contributed by atoms with Crippen molar-refractivity contribution in [3.8, 4) is 12.3 Å². The normalized spacial score (nSPS) is 20.6. The number of carbonyl (C=O) groups is 2. The van der Waals surface area contributed by atoms with Gasteiger partial charge in [-0.15, -0.1) is 6.42 Å². The highest BCUT2D eigenvalue weighted by Gasteiger charge is 2.47. The lowest BCUT2D eigenvalue weighted by molar-refractivity contribution is -0.121. The van der Waals surface area contributed by atoms with Crippen molar-refractivity contribution in [2.45, 2.75) is 75.6 Å². The predicted molar refractivity (Wildman–Crippen MR) is 147 cm³/mol. The molecule has 3 unspecified atom stereocenters. The molecule has 2 N–H and O–H groups in total. The number of urea groups is 1. The molecule has 2 heterocycles. The Morgan fingerprint density at radius 3 is 2.43 bits per heavy atom. The Labute approximate surface area is 227 Å². The van der Waals surface area contributed by atoms with E-state index in [0.29, 0.717) is 77.1 Å². The lowest BCUT2D eigenvalue weighted by Gasteiger charge is -2.27. The number of nitrogens with one attached hydrogen (secondary N) is 2. The molecule has 0 bridgehead atoms. The first-order valence-corrected chi connectivity index (χ1v) is 14.9. The highest BCUT2D eigenvalue weighted by atomic mass is 32.2. The van der Waals surface area contributed by atoms with Gasteiger partial charge in [-0.05, 0) is 19.3 Å². The second kappa shape index (κ2) is 20.5. The van der Waals surface area contributed by atoms with Crippen molar-refractivity contribution in [2.24, 2.45) is 0 Å². The maximum atomic E-state index is 12.4. The number of terminal acetylenes is 1. The SMILES string of the molecule is C#CCOCCOCCOCCOCCNC(=O)CCCCC1SCC2NC(=O)N(CCCCCC)C21. The first kappa shape index (κ1) is 31.7. The van der Waals surface area contributed by atoms with Gasteiger partial charge in [-0.3, -0.25) is 4.79 Å². The number of carbonyl (C=O) groups excluding carboxylic acids is 2. The van der Waals surface area contributed by atoms with Crippen LogP contribution in [0, 0.1) is 12.3 Å². The van der Waals surface area contributed by atoms with E-state index in [1.165, 1.54) is 19.3 Å². The highest BCUT2D eigenvalue weighted by molar-refractivity contribution is 8.00. The lowest BCUT2D eigenvalue weighted by Crippen LogP contribution is -2.41. The molecule has 212 valence electrons. The maximum Gasteiger partial charge on any atom is 0.318 e. The van der Waals surface area contributed by atoms with Gasteiger partial charge in [0.2, 0.25) is 5.91 Å². The first-order chi connectivity index (χ1) is 18.2. The van der Waals surface area contributed by atoms with Crippen molar-refractivity contribution in [2.75, 3.05) is 71.7 Å². The summed E-state index contributed by atoms with van der Waals surface area (Å²) in [4.78, 5) is 26.6. The Bertz CT molecular complexity index is 677. The quantitative estimate of drug-likeness (QED) is 0.117. The molecule has 10 heteroatoms. The average molecular weight is 542 g/mol. The van der Waals surface area contributed by atoms with E-state index in [0.717, 1.165) is 38.0 Å². The molecule has 37 heavy (non-hydrogen) atoms. The number of fused-ring (bicyclic) bond motifs is 1. The Kier molecular flexibility index (Phi) is 17.5. The second-order valence-electron chi connectivity index (χ2n) is 9.36. The van der Waals surface area contributed by atoms with E-state index in [1.807, 2.05) is 11.8 Å². The molecule has 0 radical (unpaired) electrons. The Balaban J connectivity index is 1.41. The van der Waals surface area contributed by atoms with Gasteiger partial charge in [0.1, 0.15) is 6.61 Å². The smallest absolute Gasteiger partial charge is 0.318 e. The third-order valence-corrected chi connectivity index (χ3v) is 7.97. The number of rotatable bonds is 23. The second-order valence-corrected chi connectivity index (χ2v) is 10.6. The molecular weight excluding hydrogens is 494 g/mol. The van der Waals surface area contributed by atoms with Gasteiger partial charge in [0, 0.05) is 30.5 Å². The molecule has 0 spiro atoms. The Morgan fingerprint density at radius 1 is 1.03 bits per heavy atom. The van der Waals surface area contributed by atoms with E-state index in [-0.39, 0.29) is 18.0 Å². The van der Waals surface area contributed by atoms with Crippen LogP contribution in [0.5, 0.6) is 0 Å². The summed E-state index contributed by atoms with van der Waals surface area (Å²) in [6.45, 7) is 7.29. The lowest BCUT2D eigenvalue weighted by atomic mass is 10.0. The first-order valence-electron chi connectivity index (χ1n) is 13.9. The minimum Gasteiger partial charge on any atom is -0.377 e. The molecule has 2 saturated heterocycles. The molecule has 9 nitrogen and oxygen atoms in total. The summed E-state index contributed by atoms with van der Waals surface area (Å²) in [7, 11) is 0. The molecular formula is C27H47N3O6S. The molecule has 0 aliphatic carbocycles.